The summed E-state index contributed by atoms with van der Waals surface area (Å²) in [4.78, 5) is 31.3. The van der Waals surface area contributed by atoms with Gasteiger partial charge in [0.25, 0.3) is 11.5 Å². The second-order valence-corrected chi connectivity index (χ2v) is 7.45. The molecule has 0 saturated carbocycles. The molecule has 1 aliphatic rings. The number of ether oxygens (including phenoxy) is 1. The minimum Gasteiger partial charge on any atom is -0.494 e. The second-order valence-electron chi connectivity index (χ2n) is 6.51. The zero-order valence-electron chi connectivity index (χ0n) is 15.6. The Morgan fingerprint density at radius 2 is 2.00 bits per heavy atom. The van der Waals surface area contributed by atoms with E-state index in [0.29, 0.717) is 18.1 Å². The zero-order valence-corrected chi connectivity index (χ0v) is 16.4. The van der Waals surface area contributed by atoms with Crippen LogP contribution in [0.4, 0.5) is 5.13 Å². The molecule has 2 aromatic heterocycles. The molecule has 0 radical (unpaired) electrons. The van der Waals surface area contributed by atoms with E-state index in [1.807, 2.05) is 31.2 Å². The first kappa shape index (κ1) is 18.4. The topological polar surface area (TPSA) is 88.8 Å². The lowest BCUT2D eigenvalue weighted by Crippen LogP contribution is -2.27. The number of nitrogens with one attached hydrogen (secondary N) is 1. The maximum absolute atomic E-state index is 12.7. The summed E-state index contributed by atoms with van der Waals surface area (Å²) in [6.07, 6.45) is 2.24. The fourth-order valence-corrected chi connectivity index (χ4v) is 4.11. The van der Waals surface area contributed by atoms with Crippen LogP contribution in [0, 0.1) is 0 Å². The van der Waals surface area contributed by atoms with Crippen molar-refractivity contribution in [1.82, 2.24) is 19.9 Å². The van der Waals surface area contributed by atoms with Gasteiger partial charge in [0.15, 0.2) is 0 Å². The lowest BCUT2D eigenvalue weighted by Gasteiger charge is -2.11. The van der Waals surface area contributed by atoms with E-state index in [0.717, 1.165) is 42.4 Å². The third-order valence-corrected chi connectivity index (χ3v) is 5.51. The smallest absolute Gasteiger partial charge is 0.274 e. The van der Waals surface area contributed by atoms with E-state index in [1.54, 1.807) is 0 Å². The first-order valence-corrected chi connectivity index (χ1v) is 10.1. The maximum Gasteiger partial charge on any atom is 0.274 e. The van der Waals surface area contributed by atoms with E-state index in [2.05, 4.69) is 20.3 Å². The zero-order chi connectivity index (χ0) is 19.5. The van der Waals surface area contributed by atoms with Gasteiger partial charge in [-0.05, 0) is 37.5 Å². The van der Waals surface area contributed by atoms with Crippen LogP contribution < -0.4 is 20.5 Å². The molecule has 9 heteroatoms. The molecule has 3 heterocycles. The number of anilines is 1. The van der Waals surface area contributed by atoms with Crippen molar-refractivity contribution in [3.05, 3.63) is 51.9 Å². The molecule has 1 aromatic carbocycles. The van der Waals surface area contributed by atoms with E-state index in [1.165, 1.54) is 21.9 Å². The molecule has 1 fully saturated rings. The van der Waals surface area contributed by atoms with E-state index in [-0.39, 0.29) is 11.6 Å². The van der Waals surface area contributed by atoms with E-state index < -0.39 is 5.56 Å². The molecule has 0 aliphatic carbocycles. The highest BCUT2D eigenvalue weighted by molar-refractivity contribution is 7.20. The number of fused-ring (bicyclic) bond motifs is 1. The molecule has 0 bridgehead atoms. The van der Waals surface area contributed by atoms with Crippen molar-refractivity contribution >= 4 is 27.3 Å². The number of carbonyl (C=O) groups is 1. The van der Waals surface area contributed by atoms with Crippen LogP contribution in [0.15, 0.2) is 35.1 Å². The van der Waals surface area contributed by atoms with Crippen LogP contribution in [0.3, 0.4) is 0 Å². The fraction of sp³-hybridized carbons (Fsp3) is 0.368. The second kappa shape index (κ2) is 7.97. The summed E-state index contributed by atoms with van der Waals surface area (Å²) in [5, 5.41) is 8.16. The van der Waals surface area contributed by atoms with Gasteiger partial charge in [0.1, 0.15) is 11.4 Å². The molecule has 0 atom stereocenters. The van der Waals surface area contributed by atoms with Gasteiger partial charge in [0, 0.05) is 25.7 Å². The summed E-state index contributed by atoms with van der Waals surface area (Å²) in [7, 11) is 0. The predicted octanol–water partition coefficient (Wildman–Crippen LogP) is 2.08. The van der Waals surface area contributed by atoms with Crippen LogP contribution in [0.2, 0.25) is 0 Å². The van der Waals surface area contributed by atoms with Gasteiger partial charge in [-0.1, -0.05) is 23.5 Å². The van der Waals surface area contributed by atoms with Crippen LogP contribution in [0.25, 0.3) is 4.96 Å². The number of hydrogen-bond donors (Lipinski definition) is 1. The molecule has 4 rings (SSSR count). The van der Waals surface area contributed by atoms with Crippen molar-refractivity contribution in [1.29, 1.82) is 0 Å². The van der Waals surface area contributed by atoms with Gasteiger partial charge in [-0.15, -0.1) is 5.10 Å². The molecule has 0 spiro atoms. The third kappa shape index (κ3) is 3.84. The number of hydrogen-bond acceptors (Lipinski definition) is 7. The molecule has 8 nitrogen and oxygen atoms in total. The number of rotatable bonds is 6. The number of nitrogens with zero attached hydrogens (tertiary/aromatic N) is 4. The molecule has 0 unspecified atom stereocenters. The van der Waals surface area contributed by atoms with Crippen LogP contribution in [0.1, 0.15) is 35.8 Å². The highest BCUT2D eigenvalue weighted by atomic mass is 32.1. The molecule has 1 saturated heterocycles. The average molecular weight is 399 g/mol. The normalized spacial score (nSPS) is 13.8. The summed E-state index contributed by atoms with van der Waals surface area (Å²) < 4.78 is 6.88. The summed E-state index contributed by atoms with van der Waals surface area (Å²) in [6.45, 7) is 4.75. The third-order valence-electron chi connectivity index (χ3n) is 4.54. The summed E-state index contributed by atoms with van der Waals surface area (Å²) in [6, 6.07) is 8.75. The summed E-state index contributed by atoms with van der Waals surface area (Å²) in [5.41, 5.74) is 0.691. The summed E-state index contributed by atoms with van der Waals surface area (Å²) in [5.74, 6) is 0.429. The average Bonchev–Trinajstić information content (AvgIpc) is 3.36. The molecule has 1 N–H and O–H groups in total. The Kier molecular flexibility index (Phi) is 5.25. The fourth-order valence-electron chi connectivity index (χ4n) is 3.15. The van der Waals surface area contributed by atoms with Gasteiger partial charge in [-0.2, -0.15) is 9.50 Å². The van der Waals surface area contributed by atoms with Gasteiger partial charge in [0.2, 0.25) is 10.1 Å². The first-order valence-electron chi connectivity index (χ1n) is 9.30. The molecular formula is C19H21N5O3S. The van der Waals surface area contributed by atoms with E-state index in [4.69, 9.17) is 4.74 Å². The lowest BCUT2D eigenvalue weighted by molar-refractivity contribution is 0.0943. The van der Waals surface area contributed by atoms with Crippen molar-refractivity contribution in [2.75, 3.05) is 24.6 Å². The monoisotopic (exact) mass is 399 g/mol. The Labute approximate surface area is 165 Å². The largest absolute Gasteiger partial charge is 0.494 e. The van der Waals surface area contributed by atoms with Gasteiger partial charge in [-0.25, -0.2) is 0 Å². The number of amides is 1. The Morgan fingerprint density at radius 3 is 2.71 bits per heavy atom. The van der Waals surface area contributed by atoms with Crippen LogP contribution in [-0.2, 0) is 6.54 Å². The number of benzene rings is 1. The van der Waals surface area contributed by atoms with Gasteiger partial charge in [-0.3, -0.25) is 9.59 Å². The first-order chi connectivity index (χ1) is 13.6. The molecule has 1 aliphatic heterocycles. The van der Waals surface area contributed by atoms with Crippen LogP contribution >= 0.6 is 11.3 Å². The molecule has 28 heavy (non-hydrogen) atoms. The van der Waals surface area contributed by atoms with Crippen molar-refractivity contribution in [3.63, 3.8) is 0 Å². The Hall–Kier alpha value is -2.94. The maximum atomic E-state index is 12.7. The molecule has 1 amide bonds. The highest BCUT2D eigenvalue weighted by Gasteiger charge is 2.20. The molecular weight excluding hydrogens is 378 g/mol. The number of aromatic nitrogens is 3. The lowest BCUT2D eigenvalue weighted by atomic mass is 10.2. The quantitative estimate of drug-likeness (QED) is 0.683. The summed E-state index contributed by atoms with van der Waals surface area (Å²) >= 11 is 1.33. The van der Waals surface area contributed by atoms with Crippen molar-refractivity contribution in [2.24, 2.45) is 0 Å². The van der Waals surface area contributed by atoms with Gasteiger partial charge in [0.05, 0.1) is 6.61 Å². The molecule has 3 aromatic rings. The standard InChI is InChI=1S/C19H21N5O3S/c1-2-27-14-7-5-13(6-8-14)12-20-17(26)15-11-16(25)21-18-24(15)22-19(28-18)23-9-3-4-10-23/h5-8,11H,2-4,9-10,12H2,1H3,(H,20,26). The predicted molar refractivity (Wildman–Crippen MR) is 107 cm³/mol. The van der Waals surface area contributed by atoms with Crippen LogP contribution in [0.5, 0.6) is 5.75 Å². The minimum atomic E-state index is -0.442. The Morgan fingerprint density at radius 1 is 1.25 bits per heavy atom. The van der Waals surface area contributed by atoms with Crippen molar-refractivity contribution in [2.45, 2.75) is 26.3 Å². The minimum absolute atomic E-state index is 0.197. The van der Waals surface area contributed by atoms with E-state index in [9.17, 15) is 9.59 Å². The van der Waals surface area contributed by atoms with Crippen LogP contribution in [-0.4, -0.2) is 40.2 Å². The highest BCUT2D eigenvalue weighted by Crippen LogP contribution is 2.25. The van der Waals surface area contributed by atoms with E-state index >= 15 is 0 Å². The van der Waals surface area contributed by atoms with Gasteiger partial charge >= 0.3 is 0 Å². The van der Waals surface area contributed by atoms with Gasteiger partial charge < -0.3 is 15.0 Å². The molecule has 146 valence electrons. The number of carbonyl (C=O) groups excluding carboxylic acids is 1. The van der Waals surface area contributed by atoms with Crippen molar-refractivity contribution < 1.29 is 9.53 Å². The Bertz CT molecular complexity index is 1040. The Balaban J connectivity index is 1.53. The SMILES string of the molecule is CCOc1ccc(CNC(=O)c2cc(=O)nc3sc(N4CCCC4)nn23)cc1. The van der Waals surface area contributed by atoms with Crippen molar-refractivity contribution in [3.8, 4) is 5.75 Å².